The van der Waals surface area contributed by atoms with E-state index >= 15 is 0 Å². The van der Waals surface area contributed by atoms with E-state index in [4.69, 9.17) is 0 Å². The average molecular weight is 444 g/mol. The molecule has 1 aliphatic heterocycles. The smallest absolute Gasteiger partial charge is 0.351 e. The third-order valence-electron chi connectivity index (χ3n) is 5.60. The van der Waals surface area contributed by atoms with Crippen LogP contribution in [0.4, 0.5) is 19.1 Å². The molecule has 10 heteroatoms. The van der Waals surface area contributed by atoms with Crippen molar-refractivity contribution in [1.29, 1.82) is 0 Å². The van der Waals surface area contributed by atoms with Gasteiger partial charge in [0.25, 0.3) is 0 Å². The molecule has 29 heavy (non-hydrogen) atoms. The third kappa shape index (κ3) is 4.86. The van der Waals surface area contributed by atoms with E-state index in [9.17, 15) is 13.2 Å². The maximum Gasteiger partial charge on any atom is 0.420 e. The minimum atomic E-state index is -4.50. The van der Waals surface area contributed by atoms with E-state index in [1.165, 1.54) is 17.5 Å². The number of nitrogens with zero attached hydrogens (tertiary/aromatic N) is 4. The van der Waals surface area contributed by atoms with Crippen LogP contribution in [0.5, 0.6) is 0 Å². The van der Waals surface area contributed by atoms with Gasteiger partial charge in [-0.25, -0.2) is 15.0 Å². The lowest BCUT2D eigenvalue weighted by atomic mass is 10.1. The molecule has 5 nitrogen and oxygen atoms in total. The van der Waals surface area contributed by atoms with Crippen LogP contribution in [0.1, 0.15) is 55.0 Å². The number of nitrogens with one attached hydrogen (secondary N) is 1. The minimum absolute atomic E-state index is 0.0710. The summed E-state index contributed by atoms with van der Waals surface area (Å²) in [5, 5.41) is 4.15. The largest absolute Gasteiger partial charge is 0.420 e. The number of aromatic nitrogens is 3. The topological polar surface area (TPSA) is 53.9 Å². The zero-order valence-electron chi connectivity index (χ0n) is 16.2. The quantitative estimate of drug-likeness (QED) is 0.622. The van der Waals surface area contributed by atoms with Crippen molar-refractivity contribution in [3.05, 3.63) is 23.0 Å². The fourth-order valence-corrected chi connectivity index (χ4v) is 5.64. The fourth-order valence-electron chi connectivity index (χ4n) is 3.97. The summed E-state index contributed by atoms with van der Waals surface area (Å²) in [6, 6.07) is 0.165. The molecule has 0 aromatic carbocycles. The Balaban J connectivity index is 1.58. The zero-order chi connectivity index (χ0) is 20.4. The van der Waals surface area contributed by atoms with Crippen LogP contribution in [0, 0.1) is 0 Å². The Kier molecular flexibility index (Phi) is 6.31. The van der Waals surface area contributed by atoms with E-state index in [1.807, 2.05) is 6.26 Å². The standard InChI is InChI=1S/C19H24F3N5S2/c1-28-27-8-6-13(7-9-27)25-18-24-10-14(19(20,21)22)16(26-18)15-11-23-17(29-15)12-4-2-3-5-12/h10-13H,2-9H2,1H3,(H,24,25,26). The fraction of sp³-hybridized carbons (Fsp3) is 0.632. The van der Waals surface area contributed by atoms with Crippen LogP contribution in [-0.2, 0) is 6.18 Å². The van der Waals surface area contributed by atoms with Gasteiger partial charge in [-0.2, -0.15) is 13.2 Å². The van der Waals surface area contributed by atoms with Gasteiger partial charge in [-0.3, -0.25) is 4.31 Å². The highest BCUT2D eigenvalue weighted by atomic mass is 32.2. The van der Waals surface area contributed by atoms with E-state index in [1.54, 1.807) is 11.9 Å². The molecule has 0 atom stereocenters. The van der Waals surface area contributed by atoms with Crippen LogP contribution >= 0.6 is 23.3 Å². The van der Waals surface area contributed by atoms with Crippen molar-refractivity contribution < 1.29 is 13.2 Å². The Labute approximate surface area is 176 Å². The summed E-state index contributed by atoms with van der Waals surface area (Å²) in [6.07, 6.45) is 6.24. The van der Waals surface area contributed by atoms with Gasteiger partial charge in [0.1, 0.15) is 5.56 Å². The number of halogens is 3. The van der Waals surface area contributed by atoms with Crippen molar-refractivity contribution in [3.63, 3.8) is 0 Å². The van der Waals surface area contributed by atoms with Gasteiger partial charge >= 0.3 is 6.18 Å². The number of hydrogen-bond donors (Lipinski definition) is 1. The number of piperidine rings is 1. The molecule has 0 bridgehead atoms. The number of alkyl halides is 3. The van der Waals surface area contributed by atoms with Gasteiger partial charge in [0, 0.05) is 37.4 Å². The van der Waals surface area contributed by atoms with Gasteiger partial charge < -0.3 is 5.32 Å². The summed E-state index contributed by atoms with van der Waals surface area (Å²) in [5.74, 6) is 0.621. The SMILES string of the molecule is CSN1CCC(Nc2ncc(C(F)(F)F)c(-c3cnc(C4CCCC4)s3)n2)CC1. The molecule has 0 spiro atoms. The normalized spacial score (nSPS) is 19.7. The van der Waals surface area contributed by atoms with Gasteiger partial charge in [0.2, 0.25) is 5.95 Å². The van der Waals surface area contributed by atoms with E-state index in [0.717, 1.165) is 62.8 Å². The first-order chi connectivity index (χ1) is 13.9. The molecule has 1 N–H and O–H groups in total. The van der Waals surface area contributed by atoms with E-state index < -0.39 is 11.7 Å². The molecule has 1 aliphatic carbocycles. The van der Waals surface area contributed by atoms with Gasteiger partial charge in [0.05, 0.1) is 15.6 Å². The molecular weight excluding hydrogens is 419 g/mol. The first-order valence-electron chi connectivity index (χ1n) is 9.90. The molecule has 158 valence electrons. The molecule has 2 aromatic rings. The first-order valence-corrected chi connectivity index (χ1v) is 11.9. The molecule has 1 saturated heterocycles. The lowest BCUT2D eigenvalue weighted by molar-refractivity contribution is -0.137. The van der Waals surface area contributed by atoms with Crippen LogP contribution in [0.25, 0.3) is 10.6 Å². The summed E-state index contributed by atoms with van der Waals surface area (Å²) in [6.45, 7) is 1.87. The molecule has 2 aliphatic rings. The van der Waals surface area contributed by atoms with Crippen LogP contribution in [0.15, 0.2) is 12.4 Å². The predicted molar refractivity (Wildman–Crippen MR) is 111 cm³/mol. The lowest BCUT2D eigenvalue weighted by Gasteiger charge is -2.30. The number of hydrogen-bond acceptors (Lipinski definition) is 7. The van der Waals surface area contributed by atoms with Crippen molar-refractivity contribution in [1.82, 2.24) is 19.3 Å². The second-order valence-corrected chi connectivity index (χ2v) is 9.47. The monoisotopic (exact) mass is 443 g/mol. The Bertz CT molecular complexity index is 827. The van der Waals surface area contributed by atoms with Crippen LogP contribution in [-0.4, -0.2) is 44.6 Å². The van der Waals surface area contributed by atoms with E-state index in [0.29, 0.717) is 10.8 Å². The van der Waals surface area contributed by atoms with Gasteiger partial charge in [-0.15, -0.1) is 11.3 Å². The second-order valence-electron chi connectivity index (χ2n) is 7.53. The second kappa shape index (κ2) is 8.77. The summed E-state index contributed by atoms with van der Waals surface area (Å²) in [7, 11) is 0. The Morgan fingerprint density at radius 3 is 2.48 bits per heavy atom. The molecule has 4 rings (SSSR count). The Morgan fingerprint density at radius 2 is 1.83 bits per heavy atom. The molecule has 2 fully saturated rings. The summed E-state index contributed by atoms with van der Waals surface area (Å²) >= 11 is 3.05. The molecule has 3 heterocycles. The number of anilines is 1. The number of rotatable bonds is 5. The van der Waals surface area contributed by atoms with Crippen molar-refractivity contribution in [2.24, 2.45) is 0 Å². The Morgan fingerprint density at radius 1 is 1.10 bits per heavy atom. The van der Waals surface area contributed by atoms with Crippen LogP contribution in [0.2, 0.25) is 0 Å². The Hall–Kier alpha value is -1.39. The summed E-state index contributed by atoms with van der Waals surface area (Å²) in [5.41, 5.74) is -0.875. The van der Waals surface area contributed by atoms with Gasteiger partial charge in [0.15, 0.2) is 0 Å². The van der Waals surface area contributed by atoms with Crippen molar-refractivity contribution in [2.45, 2.75) is 56.7 Å². The van der Waals surface area contributed by atoms with Crippen molar-refractivity contribution >= 4 is 29.2 Å². The maximum atomic E-state index is 13.6. The maximum absolute atomic E-state index is 13.6. The summed E-state index contributed by atoms with van der Waals surface area (Å²) in [4.78, 5) is 13.1. The molecule has 0 unspecified atom stereocenters. The predicted octanol–water partition coefficient (Wildman–Crippen LogP) is 5.43. The highest BCUT2D eigenvalue weighted by Gasteiger charge is 2.36. The zero-order valence-corrected chi connectivity index (χ0v) is 17.8. The molecular formula is C19H24F3N5S2. The average Bonchev–Trinajstić information content (AvgIpc) is 3.39. The first kappa shape index (κ1) is 20.9. The molecule has 0 radical (unpaired) electrons. The molecule has 0 amide bonds. The van der Waals surface area contributed by atoms with Crippen LogP contribution in [0.3, 0.4) is 0 Å². The number of thiazole rings is 1. The van der Waals surface area contributed by atoms with Gasteiger partial charge in [-0.1, -0.05) is 24.8 Å². The highest BCUT2D eigenvalue weighted by molar-refractivity contribution is 7.96. The summed E-state index contributed by atoms with van der Waals surface area (Å²) < 4.78 is 43.0. The van der Waals surface area contributed by atoms with Crippen molar-refractivity contribution in [3.8, 4) is 10.6 Å². The molecule has 2 aromatic heterocycles. The third-order valence-corrected chi connectivity index (χ3v) is 7.65. The van der Waals surface area contributed by atoms with E-state index in [2.05, 4.69) is 24.6 Å². The minimum Gasteiger partial charge on any atom is -0.351 e. The lowest BCUT2D eigenvalue weighted by Crippen LogP contribution is -2.35. The van der Waals surface area contributed by atoms with Crippen LogP contribution < -0.4 is 5.32 Å². The highest BCUT2D eigenvalue weighted by Crippen LogP contribution is 2.41. The van der Waals surface area contributed by atoms with E-state index in [-0.39, 0.29) is 17.7 Å². The van der Waals surface area contributed by atoms with Crippen molar-refractivity contribution in [2.75, 3.05) is 24.7 Å². The molecule has 1 saturated carbocycles. The van der Waals surface area contributed by atoms with Gasteiger partial charge in [-0.05, 0) is 31.9 Å².